The van der Waals surface area contributed by atoms with Crippen LogP contribution in [0.1, 0.15) is 62.3 Å². The molecule has 0 fully saturated rings. The van der Waals surface area contributed by atoms with E-state index in [0.717, 1.165) is 66.8 Å². The van der Waals surface area contributed by atoms with Gasteiger partial charge in [-0.05, 0) is 66.9 Å². The minimum absolute atomic E-state index is 0.0315. The molecule has 2 N–H and O–H groups in total. The van der Waals surface area contributed by atoms with Gasteiger partial charge in [0, 0.05) is 61.9 Å². The Kier molecular flexibility index (Phi) is 19.1. The average molecular weight is 797 g/mol. The lowest BCUT2D eigenvalue weighted by Crippen LogP contribution is -2.36. The van der Waals surface area contributed by atoms with E-state index in [4.69, 9.17) is 28.4 Å². The fraction of sp³-hybridized carbons (Fsp3) is 0.692. The first-order chi connectivity index (χ1) is 25.0. The number of benzene rings is 2. The monoisotopic (exact) mass is 796 g/mol. The normalized spacial score (nSPS) is 15.4. The van der Waals surface area contributed by atoms with Crippen molar-refractivity contribution < 1.29 is 41.9 Å². The Morgan fingerprint density at radius 1 is 0.811 bits per heavy atom. The zero-order chi connectivity index (χ0) is 39.0. The third kappa shape index (κ3) is 18.2. The fourth-order valence-electron chi connectivity index (χ4n) is 5.31. The van der Waals surface area contributed by atoms with Crippen LogP contribution in [0.25, 0.3) is 0 Å². The summed E-state index contributed by atoms with van der Waals surface area (Å²) in [5.74, 6) is 0.184. The molecule has 0 aromatic heterocycles. The van der Waals surface area contributed by atoms with Crippen LogP contribution in [-0.4, -0.2) is 99.3 Å². The minimum Gasteiger partial charge on any atom is -0.463 e. The number of aliphatic hydroxyl groups excluding tert-OH is 1. The number of sulfonamides is 1. The molecule has 3 rings (SSSR count). The molecular formula is C39H68N2O9SSi2. The van der Waals surface area contributed by atoms with Crippen molar-refractivity contribution in [3.8, 4) is 5.75 Å². The summed E-state index contributed by atoms with van der Waals surface area (Å²) < 4.78 is 63.1. The highest BCUT2D eigenvalue weighted by atomic mass is 32.2. The van der Waals surface area contributed by atoms with Gasteiger partial charge in [-0.1, -0.05) is 70.3 Å². The molecular weight excluding hydrogens is 729 g/mol. The zero-order valence-corrected chi connectivity index (χ0v) is 36.5. The molecule has 11 nitrogen and oxygen atoms in total. The molecule has 302 valence electrons. The van der Waals surface area contributed by atoms with Crippen molar-refractivity contribution in [2.75, 3.05) is 59.6 Å². The highest BCUT2D eigenvalue weighted by Crippen LogP contribution is 2.33. The Labute approximate surface area is 322 Å². The largest absolute Gasteiger partial charge is 0.463 e. The predicted molar refractivity (Wildman–Crippen MR) is 216 cm³/mol. The van der Waals surface area contributed by atoms with Crippen LogP contribution >= 0.6 is 0 Å². The second-order valence-electron chi connectivity index (χ2n) is 16.8. The van der Waals surface area contributed by atoms with Crippen molar-refractivity contribution in [3.05, 3.63) is 59.2 Å². The molecule has 1 atom stereocenters. The number of hydrogen-bond donors (Lipinski definition) is 2. The van der Waals surface area contributed by atoms with Crippen LogP contribution < -0.4 is 10.1 Å². The molecule has 0 spiro atoms. The van der Waals surface area contributed by atoms with E-state index in [0.29, 0.717) is 52.8 Å². The summed E-state index contributed by atoms with van der Waals surface area (Å²) in [6.07, 6.45) is 3.61. The van der Waals surface area contributed by atoms with Gasteiger partial charge in [0.05, 0.1) is 37.4 Å². The van der Waals surface area contributed by atoms with E-state index in [9.17, 15) is 13.5 Å². The molecule has 0 amide bonds. The van der Waals surface area contributed by atoms with Crippen LogP contribution in [-0.2, 0) is 46.9 Å². The minimum atomic E-state index is -3.79. The SMILES string of the molecule is CC1(C)OCc2cc([C@@H](O)CNCCCCCCOCCOCc3ccc(S(=O)(=O)N(COCC[Si](C)(C)C)COCC[Si](C)(C)C)cc3)ccc2O1. The van der Waals surface area contributed by atoms with E-state index in [2.05, 4.69) is 44.6 Å². The lowest BCUT2D eigenvalue weighted by molar-refractivity contribution is -0.180. The number of ether oxygens (including phenoxy) is 6. The third-order valence-electron chi connectivity index (χ3n) is 8.80. The van der Waals surface area contributed by atoms with Gasteiger partial charge in [0.1, 0.15) is 19.2 Å². The fourth-order valence-corrected chi connectivity index (χ4v) is 8.03. The van der Waals surface area contributed by atoms with Crippen LogP contribution in [0.15, 0.2) is 47.4 Å². The van der Waals surface area contributed by atoms with Crippen LogP contribution in [0.2, 0.25) is 51.4 Å². The molecule has 14 heteroatoms. The highest BCUT2D eigenvalue weighted by Gasteiger charge is 2.28. The summed E-state index contributed by atoms with van der Waals surface area (Å²) in [6, 6.07) is 14.6. The molecule has 0 unspecified atom stereocenters. The Bertz CT molecular complexity index is 1430. The van der Waals surface area contributed by atoms with Crippen molar-refractivity contribution in [2.24, 2.45) is 0 Å². The molecule has 0 saturated heterocycles. The molecule has 0 aliphatic carbocycles. The van der Waals surface area contributed by atoms with Gasteiger partial charge in [-0.3, -0.25) is 0 Å². The third-order valence-corrected chi connectivity index (χ3v) is 14.0. The lowest BCUT2D eigenvalue weighted by Gasteiger charge is -2.33. The summed E-state index contributed by atoms with van der Waals surface area (Å²) in [5.41, 5.74) is 2.71. The van der Waals surface area contributed by atoms with Crippen molar-refractivity contribution in [2.45, 2.75) is 121 Å². The van der Waals surface area contributed by atoms with Gasteiger partial charge in [-0.2, -0.15) is 0 Å². The number of nitrogens with zero attached hydrogens (tertiary/aromatic N) is 1. The first-order valence-corrected chi connectivity index (χ1v) is 28.1. The van der Waals surface area contributed by atoms with Crippen molar-refractivity contribution in [3.63, 3.8) is 0 Å². The zero-order valence-electron chi connectivity index (χ0n) is 33.7. The van der Waals surface area contributed by atoms with Crippen molar-refractivity contribution in [1.82, 2.24) is 9.62 Å². The molecule has 1 aliphatic rings. The van der Waals surface area contributed by atoms with Crippen LogP contribution in [0.4, 0.5) is 0 Å². The Hall–Kier alpha value is -1.70. The standard InChI is InChI=1S/C39H68N2O9SSi2/c1-39(2)49-30-35-27-34(15-18-38(35)50-39)37(42)28-40-19-11-9-10-12-20-45-21-22-46-29-33-13-16-36(17-14-33)51(43,44)41(31-47-23-25-52(3,4)5)32-48-24-26-53(6,7)8/h13-18,27,37,40,42H,9-12,19-26,28-32H2,1-8H3/t37-/m0/s1. The number of unbranched alkanes of at least 4 members (excludes halogenated alkanes) is 3. The van der Waals surface area contributed by atoms with E-state index in [1.54, 1.807) is 24.3 Å². The van der Waals surface area contributed by atoms with E-state index in [1.165, 1.54) is 4.31 Å². The number of aliphatic hydroxyl groups is 1. The first-order valence-electron chi connectivity index (χ1n) is 19.2. The van der Waals surface area contributed by atoms with Gasteiger partial charge in [-0.25, -0.2) is 8.42 Å². The molecule has 2 aromatic rings. The second-order valence-corrected chi connectivity index (χ2v) is 29.9. The van der Waals surface area contributed by atoms with Crippen LogP contribution in [0.3, 0.4) is 0 Å². The highest BCUT2D eigenvalue weighted by molar-refractivity contribution is 7.89. The molecule has 0 radical (unpaired) electrons. The van der Waals surface area contributed by atoms with Gasteiger partial charge in [0.15, 0.2) is 0 Å². The summed E-state index contributed by atoms with van der Waals surface area (Å²) >= 11 is 0. The van der Waals surface area contributed by atoms with Gasteiger partial charge >= 0.3 is 0 Å². The van der Waals surface area contributed by atoms with Crippen LogP contribution in [0.5, 0.6) is 5.75 Å². The first kappa shape index (κ1) is 45.7. The lowest BCUT2D eigenvalue weighted by atomic mass is 10.0. The quantitative estimate of drug-likeness (QED) is 0.0539. The number of hydrogen-bond acceptors (Lipinski definition) is 10. The summed E-state index contributed by atoms with van der Waals surface area (Å²) in [6.45, 7) is 22.3. The van der Waals surface area contributed by atoms with Gasteiger partial charge in [-0.15, -0.1) is 4.31 Å². The predicted octanol–water partition coefficient (Wildman–Crippen LogP) is 7.36. The van der Waals surface area contributed by atoms with Gasteiger partial charge < -0.3 is 38.8 Å². The topological polar surface area (TPSA) is 125 Å². The van der Waals surface area contributed by atoms with E-state index >= 15 is 0 Å². The molecule has 1 heterocycles. The van der Waals surface area contributed by atoms with Crippen molar-refractivity contribution >= 4 is 26.2 Å². The summed E-state index contributed by atoms with van der Waals surface area (Å²) in [7, 11) is -6.38. The molecule has 2 aromatic carbocycles. The molecule has 53 heavy (non-hydrogen) atoms. The van der Waals surface area contributed by atoms with Gasteiger partial charge in [0.25, 0.3) is 0 Å². The molecule has 1 aliphatic heterocycles. The Morgan fingerprint density at radius 2 is 1.43 bits per heavy atom. The smallest absolute Gasteiger partial charge is 0.246 e. The summed E-state index contributed by atoms with van der Waals surface area (Å²) in [5, 5.41) is 14.0. The maximum atomic E-state index is 13.5. The number of nitrogens with one attached hydrogen (secondary N) is 1. The van der Waals surface area contributed by atoms with E-state index in [1.807, 2.05) is 32.0 Å². The van der Waals surface area contributed by atoms with Gasteiger partial charge in [0.2, 0.25) is 15.8 Å². The Balaban J connectivity index is 1.25. The number of rotatable bonds is 27. The van der Waals surface area contributed by atoms with E-state index < -0.39 is 38.1 Å². The van der Waals surface area contributed by atoms with Crippen molar-refractivity contribution in [1.29, 1.82) is 0 Å². The maximum Gasteiger partial charge on any atom is 0.246 e. The van der Waals surface area contributed by atoms with E-state index in [-0.39, 0.29) is 18.4 Å². The maximum absolute atomic E-state index is 13.5. The second kappa shape index (κ2) is 22.1. The Morgan fingerprint density at radius 3 is 2.08 bits per heavy atom. The molecule has 0 bridgehead atoms. The van der Waals surface area contributed by atoms with Crippen LogP contribution in [0, 0.1) is 0 Å². The molecule has 0 saturated carbocycles. The average Bonchev–Trinajstić information content (AvgIpc) is 3.08. The number of fused-ring (bicyclic) bond motifs is 1. The summed E-state index contributed by atoms with van der Waals surface area (Å²) in [4.78, 5) is 0.210.